The summed E-state index contributed by atoms with van der Waals surface area (Å²) < 4.78 is 16.9. The molecule has 0 saturated heterocycles. The molecule has 1 atom stereocenters. The lowest BCUT2D eigenvalue weighted by Crippen LogP contribution is -2.30. The van der Waals surface area contributed by atoms with Gasteiger partial charge in [-0.3, -0.25) is 14.4 Å². The maximum atomic E-state index is 12.9. The first-order valence-electron chi connectivity index (χ1n) is 32.8. The first-order valence-corrected chi connectivity index (χ1v) is 32.8. The van der Waals surface area contributed by atoms with Gasteiger partial charge in [-0.05, 0) is 44.9 Å². The number of hydrogen-bond acceptors (Lipinski definition) is 6. The Balaban J connectivity index is 4.17. The molecule has 0 aromatic carbocycles. The van der Waals surface area contributed by atoms with Crippen LogP contribution in [0.5, 0.6) is 0 Å². The maximum absolute atomic E-state index is 12.9. The molecule has 6 nitrogen and oxygen atoms in total. The molecule has 0 bridgehead atoms. The Morgan fingerprint density at radius 3 is 0.795 bits per heavy atom. The van der Waals surface area contributed by atoms with Gasteiger partial charge in [-0.15, -0.1) is 0 Å². The van der Waals surface area contributed by atoms with E-state index in [1.807, 2.05) is 0 Å². The Hall–Kier alpha value is -2.11. The third-order valence-electron chi connectivity index (χ3n) is 15.0. The summed E-state index contributed by atoms with van der Waals surface area (Å²) in [6, 6.07) is 0. The lowest BCUT2D eigenvalue weighted by Gasteiger charge is -2.18. The molecule has 0 saturated carbocycles. The second kappa shape index (κ2) is 62.4. The van der Waals surface area contributed by atoms with E-state index in [-0.39, 0.29) is 31.1 Å². The van der Waals surface area contributed by atoms with Crippen LogP contribution in [0, 0.1) is 0 Å². The molecule has 1 unspecified atom stereocenters. The summed E-state index contributed by atoms with van der Waals surface area (Å²) in [7, 11) is 0. The number of carbonyl (C=O) groups excluding carboxylic acids is 3. The molecule has 73 heavy (non-hydrogen) atoms. The van der Waals surface area contributed by atoms with Gasteiger partial charge in [0, 0.05) is 19.3 Å². The smallest absolute Gasteiger partial charge is 0.306 e. The van der Waals surface area contributed by atoms with Crippen molar-refractivity contribution >= 4 is 17.9 Å². The number of hydrogen-bond donors (Lipinski definition) is 0. The van der Waals surface area contributed by atoms with Gasteiger partial charge in [-0.25, -0.2) is 0 Å². The lowest BCUT2D eigenvalue weighted by atomic mass is 10.0. The van der Waals surface area contributed by atoms with E-state index in [4.69, 9.17) is 14.2 Å². The molecule has 0 aliphatic heterocycles. The van der Waals surface area contributed by atoms with Gasteiger partial charge in [0.15, 0.2) is 6.10 Å². The Kier molecular flexibility index (Phi) is 60.6. The predicted octanol–water partition coefficient (Wildman–Crippen LogP) is 22.2. The van der Waals surface area contributed by atoms with Crippen molar-refractivity contribution in [2.75, 3.05) is 13.2 Å². The molecule has 0 amide bonds. The fourth-order valence-corrected chi connectivity index (χ4v) is 9.99. The van der Waals surface area contributed by atoms with Crippen molar-refractivity contribution in [3.8, 4) is 0 Å². The molecular weight excluding hydrogens is 901 g/mol. The highest BCUT2D eigenvalue weighted by molar-refractivity contribution is 5.71. The number of esters is 3. The SMILES string of the molecule is CCCC/C=C\C/C=C\CCCCCCCC(=O)OC(COC(=O)CCCCCCCCCCCCCCCC)COC(=O)CCCCCCCCCCCCCCCCCCCCCCCCCCCCC. The van der Waals surface area contributed by atoms with Crippen molar-refractivity contribution in [1.82, 2.24) is 0 Å². The Labute approximate surface area is 455 Å². The highest BCUT2D eigenvalue weighted by Gasteiger charge is 2.19. The molecule has 0 heterocycles. The zero-order valence-corrected chi connectivity index (χ0v) is 49.4. The van der Waals surface area contributed by atoms with Crippen LogP contribution < -0.4 is 0 Å². The van der Waals surface area contributed by atoms with Crippen molar-refractivity contribution in [2.45, 2.75) is 374 Å². The summed E-state index contributed by atoms with van der Waals surface area (Å²) in [5, 5.41) is 0. The zero-order chi connectivity index (χ0) is 52.9. The average Bonchev–Trinajstić information content (AvgIpc) is 3.39. The summed E-state index contributed by atoms with van der Waals surface area (Å²) in [4.78, 5) is 38.2. The fourth-order valence-electron chi connectivity index (χ4n) is 9.99. The van der Waals surface area contributed by atoms with Crippen LogP contribution in [0.1, 0.15) is 367 Å². The van der Waals surface area contributed by atoms with Crippen molar-refractivity contribution in [3.05, 3.63) is 24.3 Å². The second-order valence-corrected chi connectivity index (χ2v) is 22.4. The van der Waals surface area contributed by atoms with Crippen LogP contribution in [-0.4, -0.2) is 37.2 Å². The Bertz CT molecular complexity index is 1180. The van der Waals surface area contributed by atoms with E-state index in [0.29, 0.717) is 19.3 Å². The molecule has 0 aromatic rings. The van der Waals surface area contributed by atoms with Crippen LogP contribution in [0.3, 0.4) is 0 Å². The van der Waals surface area contributed by atoms with E-state index in [1.165, 1.54) is 250 Å². The number of rotatable bonds is 61. The molecule has 0 fully saturated rings. The summed E-state index contributed by atoms with van der Waals surface area (Å²) in [6.45, 7) is 6.66. The third-order valence-corrected chi connectivity index (χ3v) is 15.0. The minimum absolute atomic E-state index is 0.0712. The fraction of sp³-hybridized carbons (Fsp3) is 0.896. The Morgan fingerprint density at radius 2 is 0.507 bits per heavy atom. The summed E-state index contributed by atoms with van der Waals surface area (Å²) in [5.74, 6) is -0.859. The molecular formula is C67H126O6. The second-order valence-electron chi connectivity index (χ2n) is 22.4. The quantitative estimate of drug-likeness (QED) is 0.0261. The minimum Gasteiger partial charge on any atom is -0.462 e. The van der Waals surface area contributed by atoms with Crippen LogP contribution in [0.4, 0.5) is 0 Å². The number of allylic oxidation sites excluding steroid dienone is 4. The molecule has 6 heteroatoms. The minimum atomic E-state index is -0.774. The van der Waals surface area contributed by atoms with Gasteiger partial charge in [0.05, 0.1) is 0 Å². The molecule has 430 valence electrons. The topological polar surface area (TPSA) is 78.9 Å². The monoisotopic (exact) mass is 1030 g/mol. The van der Waals surface area contributed by atoms with E-state index >= 15 is 0 Å². The van der Waals surface area contributed by atoms with Crippen molar-refractivity contribution < 1.29 is 28.6 Å². The summed E-state index contributed by atoms with van der Waals surface area (Å²) in [5.41, 5.74) is 0. The lowest BCUT2D eigenvalue weighted by molar-refractivity contribution is -0.167. The molecule has 0 aromatic heterocycles. The summed E-state index contributed by atoms with van der Waals surface area (Å²) in [6.07, 6.45) is 74.9. The average molecular weight is 1030 g/mol. The van der Waals surface area contributed by atoms with Crippen LogP contribution in [-0.2, 0) is 28.6 Å². The van der Waals surface area contributed by atoms with Crippen LogP contribution in [0.2, 0.25) is 0 Å². The van der Waals surface area contributed by atoms with Gasteiger partial charge in [0.25, 0.3) is 0 Å². The number of ether oxygens (including phenoxy) is 3. The van der Waals surface area contributed by atoms with Crippen molar-refractivity contribution in [2.24, 2.45) is 0 Å². The highest BCUT2D eigenvalue weighted by Crippen LogP contribution is 2.18. The Morgan fingerprint density at radius 1 is 0.274 bits per heavy atom. The van der Waals surface area contributed by atoms with Gasteiger partial charge in [-0.1, -0.05) is 328 Å². The number of carbonyl (C=O) groups is 3. The first kappa shape index (κ1) is 70.9. The van der Waals surface area contributed by atoms with E-state index < -0.39 is 6.10 Å². The van der Waals surface area contributed by atoms with Gasteiger partial charge in [-0.2, -0.15) is 0 Å². The molecule has 0 radical (unpaired) electrons. The van der Waals surface area contributed by atoms with Crippen LogP contribution >= 0.6 is 0 Å². The van der Waals surface area contributed by atoms with E-state index in [0.717, 1.165) is 77.0 Å². The van der Waals surface area contributed by atoms with Crippen molar-refractivity contribution in [1.29, 1.82) is 0 Å². The van der Waals surface area contributed by atoms with Gasteiger partial charge < -0.3 is 14.2 Å². The predicted molar refractivity (Wildman–Crippen MR) is 316 cm³/mol. The van der Waals surface area contributed by atoms with Crippen molar-refractivity contribution in [3.63, 3.8) is 0 Å². The van der Waals surface area contributed by atoms with E-state index in [1.54, 1.807) is 0 Å². The van der Waals surface area contributed by atoms with Gasteiger partial charge >= 0.3 is 17.9 Å². The first-order chi connectivity index (χ1) is 36.0. The molecule has 0 N–H and O–H groups in total. The molecule has 0 aliphatic rings. The van der Waals surface area contributed by atoms with E-state index in [2.05, 4.69) is 45.1 Å². The molecule has 0 spiro atoms. The maximum Gasteiger partial charge on any atom is 0.306 e. The number of unbranched alkanes of at least 4 members (excludes halogenated alkanes) is 46. The molecule has 0 rings (SSSR count). The standard InChI is InChI=1S/C67H126O6/c1-4-7-10-13-16-19-22-25-28-29-30-31-32-33-34-35-36-37-38-39-40-43-45-48-51-54-57-60-66(69)72-63-64(73-67(70)61-58-55-52-49-46-42-27-24-21-18-15-12-9-6-3)62-71-65(68)59-56-53-50-47-44-41-26-23-20-17-14-11-8-5-2/h15,18,24,27,64H,4-14,16-17,19-23,25-26,28-63H2,1-3H3/b18-15-,27-24-. The molecule has 0 aliphatic carbocycles. The van der Waals surface area contributed by atoms with Crippen LogP contribution in [0.25, 0.3) is 0 Å². The normalized spacial score (nSPS) is 12.1. The van der Waals surface area contributed by atoms with Crippen LogP contribution in [0.15, 0.2) is 24.3 Å². The zero-order valence-electron chi connectivity index (χ0n) is 49.4. The largest absolute Gasteiger partial charge is 0.462 e. The van der Waals surface area contributed by atoms with E-state index in [9.17, 15) is 14.4 Å². The summed E-state index contributed by atoms with van der Waals surface area (Å²) >= 11 is 0. The van der Waals surface area contributed by atoms with Gasteiger partial charge in [0.2, 0.25) is 0 Å². The third kappa shape index (κ3) is 60.6. The van der Waals surface area contributed by atoms with Gasteiger partial charge in [0.1, 0.15) is 13.2 Å². The highest BCUT2D eigenvalue weighted by atomic mass is 16.6.